The van der Waals surface area contributed by atoms with Crippen molar-refractivity contribution in [1.29, 1.82) is 0 Å². The molecule has 3 aliphatic rings. The van der Waals surface area contributed by atoms with E-state index in [4.69, 9.17) is 4.74 Å². The Morgan fingerprint density at radius 1 is 0.522 bits per heavy atom. The fourth-order valence-corrected chi connectivity index (χ4v) is 9.55. The normalized spacial score (nSPS) is 17.0. The molecule has 0 bridgehead atoms. The molecule has 1 atom stereocenters. The molecule has 1 unspecified atom stereocenters. The molecule has 0 N–H and O–H groups in total. The van der Waals surface area contributed by atoms with Crippen LogP contribution < -0.4 is 13.9 Å². The van der Waals surface area contributed by atoms with Gasteiger partial charge in [-0.25, -0.2) is 0 Å². The molecule has 46 heavy (non-hydrogen) atoms. The van der Waals surface area contributed by atoms with Crippen LogP contribution in [0.1, 0.15) is 11.1 Å². The lowest BCUT2D eigenvalue weighted by atomic mass is 9.86. The van der Waals surface area contributed by atoms with E-state index in [1.54, 1.807) is 0 Å². The monoisotopic (exact) mass is 586 g/mol. The molecule has 0 amide bonds. The summed E-state index contributed by atoms with van der Waals surface area (Å²) in [6, 6.07) is 46.7. The van der Waals surface area contributed by atoms with Gasteiger partial charge in [0.25, 0.3) is 5.82 Å². The molecule has 10 aromatic rings. The van der Waals surface area contributed by atoms with Gasteiger partial charge in [0.2, 0.25) is 5.52 Å². The minimum Gasteiger partial charge on any atom is -0.404 e. The summed E-state index contributed by atoms with van der Waals surface area (Å²) in [7, 11) is 0. The average molecular weight is 587 g/mol. The van der Waals surface area contributed by atoms with Crippen LogP contribution in [-0.2, 0) is 5.66 Å². The second-order valence-electron chi connectivity index (χ2n) is 12.9. The highest BCUT2D eigenvalue weighted by molar-refractivity contribution is 6.22. The van der Waals surface area contributed by atoms with E-state index in [0.717, 1.165) is 17.4 Å². The first-order valence-corrected chi connectivity index (χ1v) is 15.9. The highest BCUT2D eigenvalue weighted by Gasteiger charge is 2.68. The summed E-state index contributed by atoms with van der Waals surface area (Å²) in [4.78, 5) is 0. The van der Waals surface area contributed by atoms with Crippen LogP contribution in [0.4, 0.5) is 0 Å². The van der Waals surface area contributed by atoms with Crippen molar-refractivity contribution >= 4 is 70.8 Å². The number of ether oxygens (including phenoxy) is 1. The van der Waals surface area contributed by atoms with Crippen LogP contribution in [0.3, 0.4) is 0 Å². The number of nitrogens with zero attached hydrogens (tertiary/aromatic N) is 4. The van der Waals surface area contributed by atoms with Crippen LogP contribution in [0.2, 0.25) is 0 Å². The summed E-state index contributed by atoms with van der Waals surface area (Å²) >= 11 is 0. The molecule has 0 saturated carbocycles. The molecule has 0 saturated heterocycles. The largest absolute Gasteiger partial charge is 0.404 e. The zero-order valence-electron chi connectivity index (χ0n) is 24.4. The van der Waals surface area contributed by atoms with Gasteiger partial charge in [0.1, 0.15) is 16.6 Å². The summed E-state index contributed by atoms with van der Waals surface area (Å²) < 4.78 is 17.0. The maximum atomic E-state index is 6.96. The first kappa shape index (κ1) is 22.3. The van der Waals surface area contributed by atoms with E-state index in [2.05, 4.69) is 152 Å². The van der Waals surface area contributed by atoms with E-state index in [1.165, 1.54) is 81.9 Å². The number of hydrogen-bond acceptors (Lipinski definition) is 1. The first-order valence-electron chi connectivity index (χ1n) is 15.9. The van der Waals surface area contributed by atoms with Gasteiger partial charge in [-0.1, -0.05) is 72.8 Å². The third-order valence-corrected chi connectivity index (χ3v) is 11.1. The van der Waals surface area contributed by atoms with E-state index in [0.29, 0.717) is 0 Å². The molecule has 13 rings (SSSR count). The zero-order chi connectivity index (χ0) is 29.5. The highest BCUT2D eigenvalue weighted by atomic mass is 16.5. The lowest BCUT2D eigenvalue weighted by Gasteiger charge is -2.33. The van der Waals surface area contributed by atoms with E-state index in [-0.39, 0.29) is 0 Å². The van der Waals surface area contributed by atoms with Gasteiger partial charge in [0.05, 0.1) is 28.7 Å². The summed E-state index contributed by atoms with van der Waals surface area (Å²) in [5.74, 6) is 2.90. The predicted octanol–water partition coefficient (Wildman–Crippen LogP) is 8.25. The average Bonchev–Trinajstić information content (AvgIpc) is 3.75. The van der Waals surface area contributed by atoms with Crippen molar-refractivity contribution in [3.63, 3.8) is 0 Å². The van der Waals surface area contributed by atoms with Crippen LogP contribution in [0.25, 0.3) is 76.6 Å². The van der Waals surface area contributed by atoms with Crippen molar-refractivity contribution in [3.8, 4) is 17.4 Å². The van der Waals surface area contributed by atoms with Gasteiger partial charge in [0.15, 0.2) is 16.8 Å². The molecule has 5 heteroatoms. The third-order valence-electron chi connectivity index (χ3n) is 11.1. The first-order chi connectivity index (χ1) is 22.9. The Labute approximate surface area is 260 Å². The second-order valence-corrected chi connectivity index (χ2v) is 12.9. The van der Waals surface area contributed by atoms with Gasteiger partial charge in [0, 0.05) is 33.0 Å². The fraction of sp³-hybridized carbons (Fsp3) is 0.0244. The Morgan fingerprint density at radius 2 is 1.26 bits per heavy atom. The molecule has 5 nitrogen and oxygen atoms in total. The minimum atomic E-state index is -0.702. The second kappa shape index (κ2) is 7.03. The van der Waals surface area contributed by atoms with Crippen molar-refractivity contribution in [2.75, 3.05) is 0 Å². The van der Waals surface area contributed by atoms with Gasteiger partial charge >= 0.3 is 11.5 Å². The van der Waals surface area contributed by atoms with Gasteiger partial charge in [-0.3, -0.25) is 0 Å². The van der Waals surface area contributed by atoms with E-state index >= 15 is 0 Å². The van der Waals surface area contributed by atoms with E-state index < -0.39 is 5.66 Å². The molecule has 210 valence electrons. The zero-order valence-corrected chi connectivity index (χ0v) is 24.4. The fourth-order valence-electron chi connectivity index (χ4n) is 9.55. The van der Waals surface area contributed by atoms with Crippen molar-refractivity contribution in [1.82, 2.24) is 8.97 Å². The standard InChI is InChI=1S/C41H22N4O/c1-2-10-24-23(9-1)16-17-27-28-19-21-34-45-39(28)40-35(29-12-4-6-14-31(29)44(40)37(24)27)41(45)36-32(46-34)20-18-26-25-11-3-5-13-30(25)43(38(26)36)33-15-7-8-22-42(33)41/h1-22H/q+2. The number of pyridine rings is 3. The van der Waals surface area contributed by atoms with Crippen molar-refractivity contribution in [3.05, 3.63) is 145 Å². The molecular formula is C41H22N4O+2. The SMILES string of the molecule is c1cc[n+]2c(c1)-n1c3ccccc3c3ccc4c(c31)C21c2c3ccccc3n3c2c2c(ccc([n+]21)O4)c1ccc2ccccc2c13. The number of rotatable bonds is 0. The summed E-state index contributed by atoms with van der Waals surface area (Å²) in [6.07, 6.45) is 2.27. The Hall–Kier alpha value is -6.20. The molecule has 0 aliphatic carbocycles. The van der Waals surface area contributed by atoms with Gasteiger partial charge in [-0.05, 0) is 47.9 Å². The highest BCUT2D eigenvalue weighted by Crippen LogP contribution is 2.56. The molecule has 5 aromatic carbocycles. The van der Waals surface area contributed by atoms with Crippen LogP contribution in [0.5, 0.6) is 11.6 Å². The van der Waals surface area contributed by atoms with Gasteiger partial charge in [-0.2, -0.15) is 9.13 Å². The van der Waals surface area contributed by atoms with Crippen molar-refractivity contribution in [2.45, 2.75) is 5.66 Å². The molecule has 0 fully saturated rings. The van der Waals surface area contributed by atoms with E-state index in [1.807, 2.05) is 0 Å². The van der Waals surface area contributed by atoms with E-state index in [9.17, 15) is 0 Å². The number of hydrogen-bond donors (Lipinski definition) is 0. The smallest absolute Gasteiger partial charge is 0.378 e. The number of aromatic nitrogens is 4. The molecule has 0 radical (unpaired) electrons. The summed E-state index contributed by atoms with van der Waals surface area (Å²) in [5, 5.41) is 8.74. The van der Waals surface area contributed by atoms with Crippen LogP contribution in [-0.4, -0.2) is 8.97 Å². The Kier molecular flexibility index (Phi) is 3.41. The number of para-hydroxylation sites is 2. The Morgan fingerprint density at radius 3 is 2.20 bits per heavy atom. The summed E-state index contributed by atoms with van der Waals surface area (Å²) in [5.41, 5.74) is 9.16. The summed E-state index contributed by atoms with van der Waals surface area (Å²) in [6.45, 7) is 0. The topological polar surface area (TPSA) is 26.3 Å². The van der Waals surface area contributed by atoms with Crippen LogP contribution in [0.15, 0.2) is 134 Å². The minimum absolute atomic E-state index is 0.702. The molecule has 1 spiro atoms. The maximum absolute atomic E-state index is 6.96. The quantitative estimate of drug-likeness (QED) is 0.130. The number of fused-ring (bicyclic) bond motifs is 13. The molecule has 8 heterocycles. The van der Waals surface area contributed by atoms with Crippen molar-refractivity contribution in [2.24, 2.45) is 0 Å². The number of benzene rings is 5. The predicted molar refractivity (Wildman–Crippen MR) is 180 cm³/mol. The van der Waals surface area contributed by atoms with Crippen LogP contribution in [0, 0.1) is 0 Å². The maximum Gasteiger partial charge on any atom is 0.378 e. The molecule has 5 aromatic heterocycles. The van der Waals surface area contributed by atoms with Crippen LogP contribution >= 0.6 is 0 Å². The third kappa shape index (κ3) is 2.08. The molecule has 3 aliphatic heterocycles. The van der Waals surface area contributed by atoms with Gasteiger partial charge in [-0.15, -0.1) is 4.57 Å². The Bertz CT molecular complexity index is 3130. The van der Waals surface area contributed by atoms with Crippen molar-refractivity contribution < 1.29 is 13.9 Å². The molecular weight excluding hydrogens is 564 g/mol. The lowest BCUT2D eigenvalue weighted by molar-refractivity contribution is -0.958. The Balaban J connectivity index is 1.40. The van der Waals surface area contributed by atoms with Gasteiger partial charge < -0.3 is 9.14 Å². The lowest BCUT2D eigenvalue weighted by Crippen LogP contribution is -2.76.